The van der Waals surface area contributed by atoms with Crippen LogP contribution in [0.5, 0.6) is 0 Å². The smallest absolute Gasteiger partial charge is 0.0536 e. The molecule has 0 unspecified atom stereocenters. The predicted octanol–water partition coefficient (Wildman–Crippen LogP) is 3.02. The van der Waals surface area contributed by atoms with E-state index in [1.165, 1.54) is 27.4 Å². The molecule has 3 rings (SSSR count). The van der Waals surface area contributed by atoms with Gasteiger partial charge in [0.2, 0.25) is 0 Å². The Kier molecular flexibility index (Phi) is 1.39. The minimum atomic E-state index is 1.18. The second kappa shape index (κ2) is 2.58. The molecule has 2 heteroatoms. The van der Waals surface area contributed by atoms with Crippen molar-refractivity contribution >= 4 is 21.7 Å². The molecule has 0 spiro atoms. The third-order valence-corrected chi connectivity index (χ3v) is 2.55. The fraction of sp³-hybridized carbons (Fsp3) is 0.0833. The molecule has 2 nitrogen and oxygen atoms in total. The molecule has 3 aromatic rings. The zero-order valence-electron chi connectivity index (χ0n) is 7.91. The van der Waals surface area contributed by atoms with Crippen LogP contribution in [0.4, 0.5) is 0 Å². The summed E-state index contributed by atoms with van der Waals surface area (Å²) < 4.78 is 0. The molecule has 0 saturated carbocycles. The molecule has 1 aromatic carbocycles. The first-order valence-electron chi connectivity index (χ1n) is 4.67. The molecule has 68 valence electrons. The fourth-order valence-electron chi connectivity index (χ4n) is 1.91. The average molecular weight is 182 g/mol. The van der Waals surface area contributed by atoms with Gasteiger partial charge in [0.1, 0.15) is 0 Å². The quantitative estimate of drug-likeness (QED) is 0.568. The minimum absolute atomic E-state index is 1.18. The minimum Gasteiger partial charge on any atom is -0.358 e. The number of hydrogen-bond acceptors (Lipinski definition) is 1. The predicted molar refractivity (Wildman–Crippen MR) is 58.3 cm³/mol. The summed E-state index contributed by atoms with van der Waals surface area (Å²) in [6.07, 6.45) is 3.73. The van der Waals surface area contributed by atoms with Gasteiger partial charge in [-0.3, -0.25) is 4.98 Å². The molecule has 0 amide bonds. The van der Waals surface area contributed by atoms with Crippen molar-refractivity contribution in [3.63, 3.8) is 0 Å². The maximum atomic E-state index is 4.11. The van der Waals surface area contributed by atoms with Gasteiger partial charge in [-0.25, -0.2) is 0 Å². The van der Waals surface area contributed by atoms with E-state index in [0.29, 0.717) is 0 Å². The van der Waals surface area contributed by atoms with Crippen molar-refractivity contribution in [2.75, 3.05) is 0 Å². The number of benzene rings is 1. The van der Waals surface area contributed by atoms with Crippen molar-refractivity contribution in [3.05, 3.63) is 42.4 Å². The molecular weight excluding hydrogens is 172 g/mol. The highest BCUT2D eigenvalue weighted by Crippen LogP contribution is 2.24. The number of H-pyrrole nitrogens is 1. The van der Waals surface area contributed by atoms with Crippen molar-refractivity contribution in [1.29, 1.82) is 0 Å². The Morgan fingerprint density at radius 1 is 1.14 bits per heavy atom. The summed E-state index contributed by atoms with van der Waals surface area (Å²) in [5.41, 5.74) is 2.41. The summed E-state index contributed by atoms with van der Waals surface area (Å²) in [6.45, 7) is 2.08. The largest absolute Gasteiger partial charge is 0.358 e. The van der Waals surface area contributed by atoms with Gasteiger partial charge < -0.3 is 4.98 Å². The molecule has 0 atom stereocenters. The number of aromatic amines is 1. The Labute approximate surface area is 81.6 Å². The lowest BCUT2D eigenvalue weighted by Gasteiger charge is -1.97. The van der Waals surface area contributed by atoms with Crippen LogP contribution in [0.3, 0.4) is 0 Å². The van der Waals surface area contributed by atoms with E-state index in [0.717, 1.165) is 0 Å². The molecule has 0 aliphatic rings. The van der Waals surface area contributed by atoms with Crippen LogP contribution in [0.15, 0.2) is 36.7 Å². The molecule has 0 aliphatic carbocycles. The van der Waals surface area contributed by atoms with Gasteiger partial charge in [-0.15, -0.1) is 0 Å². The lowest BCUT2D eigenvalue weighted by atomic mass is 10.1. The summed E-state index contributed by atoms with van der Waals surface area (Å²) in [5, 5.41) is 3.69. The first kappa shape index (κ1) is 7.56. The second-order valence-electron chi connectivity index (χ2n) is 3.58. The second-order valence-corrected chi connectivity index (χ2v) is 3.58. The maximum absolute atomic E-state index is 4.11. The number of fused-ring (bicyclic) bond motifs is 3. The van der Waals surface area contributed by atoms with Crippen LogP contribution in [0.25, 0.3) is 21.7 Å². The van der Waals surface area contributed by atoms with Gasteiger partial charge in [-0.2, -0.15) is 0 Å². The van der Waals surface area contributed by atoms with E-state index in [9.17, 15) is 0 Å². The van der Waals surface area contributed by atoms with Gasteiger partial charge in [-0.1, -0.05) is 12.1 Å². The number of hydrogen-bond donors (Lipinski definition) is 1. The Morgan fingerprint density at radius 2 is 2.00 bits per heavy atom. The first-order chi connectivity index (χ1) is 6.84. The van der Waals surface area contributed by atoms with Crippen LogP contribution in [-0.4, -0.2) is 9.97 Å². The van der Waals surface area contributed by atoms with Gasteiger partial charge in [-0.05, 0) is 19.1 Å². The Balaban J connectivity index is 2.60. The topological polar surface area (TPSA) is 28.7 Å². The molecule has 0 bridgehead atoms. The lowest BCUT2D eigenvalue weighted by molar-refractivity contribution is 1.30. The molecule has 1 N–H and O–H groups in total. The van der Waals surface area contributed by atoms with Gasteiger partial charge in [0.15, 0.2) is 0 Å². The highest BCUT2D eigenvalue weighted by atomic mass is 14.7. The van der Waals surface area contributed by atoms with E-state index in [1.807, 2.05) is 18.5 Å². The van der Waals surface area contributed by atoms with Gasteiger partial charge in [0, 0.05) is 34.2 Å². The van der Waals surface area contributed by atoms with Crippen LogP contribution >= 0.6 is 0 Å². The number of aromatic nitrogens is 2. The highest BCUT2D eigenvalue weighted by Gasteiger charge is 2.01. The number of rotatable bonds is 0. The van der Waals surface area contributed by atoms with Crippen LogP contribution in [0.2, 0.25) is 0 Å². The van der Waals surface area contributed by atoms with E-state index in [1.54, 1.807) is 0 Å². The Bertz CT molecular complexity index is 608. The zero-order chi connectivity index (χ0) is 9.54. The number of nitrogens with one attached hydrogen (secondary N) is 1. The summed E-state index contributed by atoms with van der Waals surface area (Å²) in [5.74, 6) is 0. The zero-order valence-corrected chi connectivity index (χ0v) is 7.91. The van der Waals surface area contributed by atoms with Crippen LogP contribution in [0, 0.1) is 6.92 Å². The van der Waals surface area contributed by atoms with Crippen LogP contribution in [0.1, 0.15) is 5.69 Å². The standard InChI is InChI=1S/C12H10N2/c1-8-6-9-2-3-10-7-13-5-4-11(10)12(9)14-8/h2-7,14H,1H3. The Morgan fingerprint density at radius 3 is 2.93 bits per heavy atom. The van der Waals surface area contributed by atoms with Crippen molar-refractivity contribution in [2.45, 2.75) is 6.92 Å². The van der Waals surface area contributed by atoms with Crippen molar-refractivity contribution in [1.82, 2.24) is 9.97 Å². The monoisotopic (exact) mass is 182 g/mol. The van der Waals surface area contributed by atoms with E-state index < -0.39 is 0 Å². The van der Waals surface area contributed by atoms with Gasteiger partial charge >= 0.3 is 0 Å². The van der Waals surface area contributed by atoms with E-state index in [2.05, 4.69) is 35.1 Å². The maximum Gasteiger partial charge on any atom is 0.0536 e. The Hall–Kier alpha value is -1.83. The van der Waals surface area contributed by atoms with E-state index in [-0.39, 0.29) is 0 Å². The number of nitrogens with zero attached hydrogens (tertiary/aromatic N) is 1. The molecule has 2 aromatic heterocycles. The fourth-order valence-corrected chi connectivity index (χ4v) is 1.91. The third-order valence-electron chi connectivity index (χ3n) is 2.55. The van der Waals surface area contributed by atoms with Crippen LogP contribution < -0.4 is 0 Å². The first-order valence-corrected chi connectivity index (χ1v) is 4.67. The van der Waals surface area contributed by atoms with Crippen LogP contribution in [-0.2, 0) is 0 Å². The van der Waals surface area contributed by atoms with Gasteiger partial charge in [0.25, 0.3) is 0 Å². The molecule has 14 heavy (non-hydrogen) atoms. The normalized spacial score (nSPS) is 11.2. The van der Waals surface area contributed by atoms with E-state index >= 15 is 0 Å². The molecular formula is C12H10N2. The molecule has 0 radical (unpaired) electrons. The molecule has 0 aliphatic heterocycles. The van der Waals surface area contributed by atoms with E-state index in [4.69, 9.17) is 0 Å². The lowest BCUT2D eigenvalue weighted by Crippen LogP contribution is -1.77. The summed E-state index contributed by atoms with van der Waals surface area (Å²) in [6, 6.07) is 8.45. The van der Waals surface area contributed by atoms with Crippen molar-refractivity contribution < 1.29 is 0 Å². The highest BCUT2D eigenvalue weighted by molar-refractivity contribution is 6.05. The summed E-state index contributed by atoms with van der Waals surface area (Å²) in [7, 11) is 0. The average Bonchev–Trinajstić information content (AvgIpc) is 2.59. The van der Waals surface area contributed by atoms with Crippen molar-refractivity contribution in [3.8, 4) is 0 Å². The molecule has 2 heterocycles. The third kappa shape index (κ3) is 0.940. The summed E-state index contributed by atoms with van der Waals surface area (Å²) in [4.78, 5) is 7.49. The number of aryl methyl sites for hydroxylation is 1. The van der Waals surface area contributed by atoms with Crippen molar-refractivity contribution in [2.24, 2.45) is 0 Å². The summed E-state index contributed by atoms with van der Waals surface area (Å²) >= 11 is 0. The number of pyridine rings is 1. The molecule has 0 fully saturated rings. The van der Waals surface area contributed by atoms with Gasteiger partial charge in [0.05, 0.1) is 5.52 Å². The SMILES string of the molecule is Cc1cc2ccc3cnccc3c2[nH]1. The molecule has 0 saturated heterocycles.